The molecule has 1 N–H and O–H groups in total. The Kier molecular flexibility index (Phi) is 10.5. The van der Waals surface area contributed by atoms with E-state index in [1.165, 1.54) is 28.6 Å². The number of nitrogens with one attached hydrogen (secondary N) is 1. The minimum absolute atomic E-state index is 0.000446. The van der Waals surface area contributed by atoms with Crippen molar-refractivity contribution in [2.24, 2.45) is 5.92 Å². The molecule has 39 heavy (non-hydrogen) atoms. The first-order valence-electron chi connectivity index (χ1n) is 13.2. The van der Waals surface area contributed by atoms with Gasteiger partial charge in [-0.05, 0) is 36.2 Å². The molecule has 0 saturated carbocycles. The monoisotopic (exact) mass is 558 g/mol. The fourth-order valence-electron chi connectivity index (χ4n) is 4.40. The van der Waals surface area contributed by atoms with Crippen molar-refractivity contribution in [1.29, 1.82) is 0 Å². The van der Waals surface area contributed by atoms with Gasteiger partial charge in [0.15, 0.2) is 6.61 Å². The average Bonchev–Trinajstić information content (AvgIpc) is 2.95. The predicted octanol–water partition coefficient (Wildman–Crippen LogP) is 2.36. The van der Waals surface area contributed by atoms with Crippen molar-refractivity contribution in [2.75, 3.05) is 50.8 Å². The van der Waals surface area contributed by atoms with Crippen LogP contribution in [0.1, 0.15) is 38.1 Å². The minimum atomic E-state index is -3.75. The lowest BCUT2D eigenvalue weighted by molar-refractivity contribution is -0.154. The highest BCUT2D eigenvalue weighted by Gasteiger charge is 2.29. The molecule has 10 nitrogen and oxygen atoms in total. The van der Waals surface area contributed by atoms with Crippen molar-refractivity contribution in [1.82, 2.24) is 14.5 Å². The van der Waals surface area contributed by atoms with Gasteiger partial charge in [0, 0.05) is 50.5 Å². The van der Waals surface area contributed by atoms with E-state index in [2.05, 4.69) is 10.2 Å². The van der Waals surface area contributed by atoms with Gasteiger partial charge in [-0.3, -0.25) is 9.59 Å². The summed E-state index contributed by atoms with van der Waals surface area (Å²) in [6.45, 7) is 9.56. The number of esters is 1. The number of ether oxygens (including phenoxy) is 1. The molecule has 1 aliphatic heterocycles. The zero-order valence-corrected chi connectivity index (χ0v) is 23.8. The fraction of sp³-hybridized carbons (Fsp3) is 0.464. The van der Waals surface area contributed by atoms with Crippen molar-refractivity contribution >= 4 is 33.5 Å². The molecule has 1 unspecified atom stereocenters. The van der Waals surface area contributed by atoms with Gasteiger partial charge in [0.1, 0.15) is 6.04 Å². The molecular weight excluding hydrogens is 520 g/mol. The molecule has 3 rings (SSSR count). The smallest absolute Gasteiger partial charge is 0.329 e. The summed E-state index contributed by atoms with van der Waals surface area (Å²) in [5, 5.41) is 2.64. The van der Waals surface area contributed by atoms with Crippen LogP contribution in [0, 0.1) is 5.92 Å². The van der Waals surface area contributed by atoms with Crippen LogP contribution in [0.15, 0.2) is 59.5 Å². The molecule has 2 amide bonds. The van der Waals surface area contributed by atoms with Crippen LogP contribution in [-0.2, 0) is 24.3 Å². The van der Waals surface area contributed by atoms with E-state index in [0.29, 0.717) is 39.3 Å². The molecule has 1 atom stereocenters. The van der Waals surface area contributed by atoms with Crippen LogP contribution < -0.4 is 10.2 Å². The molecule has 0 bridgehead atoms. The van der Waals surface area contributed by atoms with Gasteiger partial charge in [-0.15, -0.1) is 0 Å². The van der Waals surface area contributed by atoms with Gasteiger partial charge in [-0.2, -0.15) is 4.31 Å². The largest absolute Gasteiger partial charge is 0.454 e. The molecular formula is C28H38N4O6S. The Bertz CT molecular complexity index is 1240. The topological polar surface area (TPSA) is 116 Å². The second-order valence-corrected chi connectivity index (χ2v) is 11.6. The lowest BCUT2D eigenvalue weighted by Crippen LogP contribution is -2.50. The van der Waals surface area contributed by atoms with Gasteiger partial charge in [-0.25, -0.2) is 13.2 Å². The summed E-state index contributed by atoms with van der Waals surface area (Å²) in [4.78, 5) is 42.4. The molecule has 0 radical (unpaired) electrons. The normalized spacial score (nSPS) is 14.8. The van der Waals surface area contributed by atoms with E-state index in [1.807, 2.05) is 30.3 Å². The quantitative estimate of drug-likeness (QED) is 0.421. The molecule has 0 aliphatic carbocycles. The van der Waals surface area contributed by atoms with Crippen molar-refractivity contribution in [2.45, 2.75) is 38.6 Å². The maximum atomic E-state index is 13.0. The second kappa shape index (κ2) is 13.6. The van der Waals surface area contributed by atoms with Crippen molar-refractivity contribution < 1.29 is 27.5 Å². The third kappa shape index (κ3) is 7.57. The Morgan fingerprint density at radius 1 is 0.949 bits per heavy atom. The van der Waals surface area contributed by atoms with E-state index in [-0.39, 0.29) is 22.3 Å². The predicted molar refractivity (Wildman–Crippen MR) is 149 cm³/mol. The van der Waals surface area contributed by atoms with E-state index in [1.54, 1.807) is 32.6 Å². The first-order chi connectivity index (χ1) is 18.6. The number of carbonyl (C=O) groups excluding carboxylic acids is 3. The highest BCUT2D eigenvalue weighted by Crippen LogP contribution is 2.18. The second-order valence-electron chi connectivity index (χ2n) is 9.62. The van der Waals surface area contributed by atoms with E-state index in [4.69, 9.17) is 4.74 Å². The Morgan fingerprint density at radius 3 is 2.18 bits per heavy atom. The van der Waals surface area contributed by atoms with E-state index in [0.717, 1.165) is 5.69 Å². The van der Waals surface area contributed by atoms with E-state index >= 15 is 0 Å². The lowest BCUT2D eigenvalue weighted by Gasteiger charge is -2.36. The summed E-state index contributed by atoms with van der Waals surface area (Å²) in [5.41, 5.74) is 1.21. The number of hydrogen-bond donors (Lipinski definition) is 1. The molecule has 1 aliphatic rings. The summed E-state index contributed by atoms with van der Waals surface area (Å²) in [6, 6.07) is 14.7. The molecule has 1 saturated heterocycles. The van der Waals surface area contributed by atoms with Crippen molar-refractivity contribution in [3.8, 4) is 0 Å². The molecule has 0 aromatic heterocycles. The van der Waals surface area contributed by atoms with Gasteiger partial charge >= 0.3 is 5.97 Å². The van der Waals surface area contributed by atoms with Crippen molar-refractivity contribution in [3.63, 3.8) is 0 Å². The average molecular weight is 559 g/mol. The minimum Gasteiger partial charge on any atom is -0.454 e. The maximum absolute atomic E-state index is 13.0. The summed E-state index contributed by atoms with van der Waals surface area (Å²) < 4.78 is 32.3. The standard InChI is InChI=1S/C28H38N4O6S/c1-5-32(6-2)39(36,37)24-14-10-11-22(19-24)27(34)29-26(21(3)4)28(35)38-20-25(33)31-17-15-30(16-18-31)23-12-8-7-9-13-23/h7-14,19,21,26H,5-6,15-18,20H2,1-4H3,(H,29,34). The fourth-order valence-corrected chi connectivity index (χ4v) is 5.90. The summed E-state index contributed by atoms with van der Waals surface area (Å²) in [5.74, 6) is -1.94. The first kappa shape index (κ1) is 30.1. The number of rotatable bonds is 11. The molecule has 1 fully saturated rings. The highest BCUT2D eigenvalue weighted by molar-refractivity contribution is 7.89. The lowest BCUT2D eigenvalue weighted by atomic mass is 10.0. The van der Waals surface area contributed by atoms with Gasteiger partial charge in [0.05, 0.1) is 4.90 Å². The number of benzene rings is 2. The van der Waals surface area contributed by atoms with Crippen LogP contribution >= 0.6 is 0 Å². The summed E-state index contributed by atoms with van der Waals surface area (Å²) in [7, 11) is -3.75. The number of hydrogen-bond acceptors (Lipinski definition) is 7. The van der Waals surface area contributed by atoms with Crippen LogP contribution in [-0.4, -0.2) is 87.3 Å². The number of carbonyl (C=O) groups is 3. The van der Waals surface area contributed by atoms with Gasteiger partial charge < -0.3 is 19.9 Å². The third-order valence-corrected chi connectivity index (χ3v) is 8.78. The number of anilines is 1. The maximum Gasteiger partial charge on any atom is 0.329 e. The van der Waals surface area contributed by atoms with E-state index < -0.39 is 34.5 Å². The Hall–Kier alpha value is -3.44. The summed E-state index contributed by atoms with van der Waals surface area (Å²) in [6.07, 6.45) is 0. The van der Waals surface area contributed by atoms with Gasteiger partial charge in [0.25, 0.3) is 11.8 Å². The SMILES string of the molecule is CCN(CC)S(=O)(=O)c1cccc(C(=O)NC(C(=O)OCC(=O)N2CCN(c3ccccc3)CC2)C(C)C)c1. The number of piperazine rings is 1. The molecule has 1 heterocycles. The number of para-hydroxylation sites is 1. The van der Waals surface area contributed by atoms with Crippen LogP contribution in [0.2, 0.25) is 0 Å². The molecule has 2 aromatic carbocycles. The first-order valence-corrected chi connectivity index (χ1v) is 14.7. The van der Waals surface area contributed by atoms with Gasteiger partial charge in [0.2, 0.25) is 10.0 Å². The summed E-state index contributed by atoms with van der Waals surface area (Å²) >= 11 is 0. The van der Waals surface area contributed by atoms with Gasteiger partial charge in [-0.1, -0.05) is 52.0 Å². The molecule has 2 aromatic rings. The molecule has 212 valence electrons. The zero-order chi connectivity index (χ0) is 28.6. The highest BCUT2D eigenvalue weighted by atomic mass is 32.2. The Morgan fingerprint density at radius 2 is 1.59 bits per heavy atom. The zero-order valence-electron chi connectivity index (χ0n) is 23.0. The van der Waals surface area contributed by atoms with E-state index in [9.17, 15) is 22.8 Å². The Balaban J connectivity index is 1.57. The molecule has 11 heteroatoms. The van der Waals surface area contributed by atoms with Crippen LogP contribution in [0.25, 0.3) is 0 Å². The van der Waals surface area contributed by atoms with Crippen LogP contribution in [0.3, 0.4) is 0 Å². The van der Waals surface area contributed by atoms with Crippen LogP contribution in [0.4, 0.5) is 5.69 Å². The van der Waals surface area contributed by atoms with Crippen LogP contribution in [0.5, 0.6) is 0 Å². The number of sulfonamides is 1. The third-order valence-electron chi connectivity index (χ3n) is 6.74. The Labute approximate surface area is 231 Å². The number of nitrogens with zero attached hydrogens (tertiary/aromatic N) is 3. The van der Waals surface area contributed by atoms with Crippen molar-refractivity contribution in [3.05, 3.63) is 60.2 Å². The molecule has 0 spiro atoms. The number of amides is 2.